The lowest BCUT2D eigenvalue weighted by Gasteiger charge is -2.12. The molecule has 140 valence electrons. The number of rotatable bonds is 5. The third kappa shape index (κ3) is 3.88. The molecule has 3 amide bonds. The molecule has 2 aromatic carbocycles. The van der Waals surface area contributed by atoms with Gasteiger partial charge in [0.2, 0.25) is 0 Å². The maximum Gasteiger partial charge on any atom is 0.329 e. The smallest absolute Gasteiger partial charge is 0.329 e. The maximum absolute atomic E-state index is 13.0. The highest BCUT2D eigenvalue weighted by atomic mass is 35.5. The standard InChI is InChI=1S/C19H16ClFN2O4/c1-26-16-9-12(7-14(20)17(16)27-2)8-15-18(24)23(19(25)22-15)10-11-3-5-13(21)6-4-11/h3-9H,10H2,1-2H3,(H,22,25)/b15-8-. The van der Waals surface area contributed by atoms with Crippen LogP contribution in [-0.4, -0.2) is 31.1 Å². The van der Waals surface area contributed by atoms with E-state index in [4.69, 9.17) is 21.1 Å². The number of nitrogens with zero attached hydrogens (tertiary/aromatic N) is 1. The van der Waals surface area contributed by atoms with E-state index < -0.39 is 11.9 Å². The summed E-state index contributed by atoms with van der Waals surface area (Å²) in [5.74, 6) is -0.102. The first kappa shape index (κ1) is 18.7. The van der Waals surface area contributed by atoms with Gasteiger partial charge in [0.15, 0.2) is 11.5 Å². The van der Waals surface area contributed by atoms with Crippen LogP contribution < -0.4 is 14.8 Å². The van der Waals surface area contributed by atoms with E-state index in [2.05, 4.69) is 5.32 Å². The molecule has 2 aromatic rings. The first-order chi connectivity index (χ1) is 12.9. The lowest BCUT2D eigenvalue weighted by Crippen LogP contribution is -2.30. The van der Waals surface area contributed by atoms with Crippen LogP contribution in [0.3, 0.4) is 0 Å². The highest BCUT2D eigenvalue weighted by Gasteiger charge is 2.33. The van der Waals surface area contributed by atoms with E-state index in [1.165, 1.54) is 44.6 Å². The fourth-order valence-corrected chi connectivity index (χ4v) is 2.97. The number of ether oxygens (including phenoxy) is 2. The summed E-state index contributed by atoms with van der Waals surface area (Å²) in [7, 11) is 2.94. The molecule has 0 saturated carbocycles. The lowest BCUT2D eigenvalue weighted by molar-refractivity contribution is -0.123. The molecular weight excluding hydrogens is 375 g/mol. The van der Waals surface area contributed by atoms with E-state index in [-0.39, 0.29) is 18.1 Å². The average Bonchev–Trinajstić information content (AvgIpc) is 2.90. The van der Waals surface area contributed by atoms with Gasteiger partial charge < -0.3 is 14.8 Å². The fraction of sp³-hybridized carbons (Fsp3) is 0.158. The van der Waals surface area contributed by atoms with Crippen LogP contribution in [0.4, 0.5) is 9.18 Å². The minimum atomic E-state index is -0.554. The van der Waals surface area contributed by atoms with Gasteiger partial charge in [-0.2, -0.15) is 0 Å². The molecule has 0 unspecified atom stereocenters. The first-order valence-corrected chi connectivity index (χ1v) is 8.31. The number of carbonyl (C=O) groups excluding carboxylic acids is 2. The molecule has 0 aromatic heterocycles. The molecule has 1 fully saturated rings. The number of imide groups is 1. The van der Waals surface area contributed by atoms with E-state index in [1.54, 1.807) is 12.1 Å². The van der Waals surface area contributed by atoms with E-state index in [1.807, 2.05) is 0 Å². The molecule has 8 heteroatoms. The monoisotopic (exact) mass is 390 g/mol. The second kappa shape index (κ2) is 7.67. The van der Waals surface area contributed by atoms with Crippen LogP contribution in [-0.2, 0) is 11.3 Å². The number of urea groups is 1. The Morgan fingerprint density at radius 3 is 2.48 bits per heavy atom. The van der Waals surface area contributed by atoms with Gasteiger partial charge in [-0.15, -0.1) is 0 Å². The third-order valence-electron chi connectivity index (χ3n) is 3.98. The Kier molecular flexibility index (Phi) is 5.32. The van der Waals surface area contributed by atoms with Gasteiger partial charge in [0.05, 0.1) is 25.8 Å². The molecule has 6 nitrogen and oxygen atoms in total. The highest BCUT2D eigenvalue weighted by molar-refractivity contribution is 6.32. The summed E-state index contributed by atoms with van der Waals surface area (Å²) in [5.41, 5.74) is 1.30. The zero-order chi connectivity index (χ0) is 19.6. The van der Waals surface area contributed by atoms with Crippen LogP contribution in [0.1, 0.15) is 11.1 Å². The zero-order valence-electron chi connectivity index (χ0n) is 14.6. The molecule has 0 aliphatic carbocycles. The van der Waals surface area contributed by atoms with E-state index in [0.29, 0.717) is 27.6 Å². The molecule has 1 N–H and O–H groups in total. The number of nitrogens with one attached hydrogen (secondary N) is 1. The van der Waals surface area contributed by atoms with Crippen LogP contribution in [0.5, 0.6) is 11.5 Å². The van der Waals surface area contributed by atoms with Gasteiger partial charge in [0.1, 0.15) is 11.5 Å². The number of methoxy groups -OCH3 is 2. The second-order valence-electron chi connectivity index (χ2n) is 5.74. The van der Waals surface area contributed by atoms with Crippen LogP contribution in [0.2, 0.25) is 5.02 Å². The first-order valence-electron chi connectivity index (χ1n) is 7.93. The molecule has 1 saturated heterocycles. The molecule has 3 rings (SSSR count). The van der Waals surface area contributed by atoms with Gasteiger partial charge in [0, 0.05) is 0 Å². The van der Waals surface area contributed by atoms with Crippen molar-refractivity contribution >= 4 is 29.6 Å². The largest absolute Gasteiger partial charge is 0.493 e. The minimum Gasteiger partial charge on any atom is -0.493 e. The number of amides is 3. The Labute approximate surface area is 160 Å². The summed E-state index contributed by atoms with van der Waals surface area (Å²) >= 11 is 6.17. The molecule has 0 spiro atoms. The lowest BCUT2D eigenvalue weighted by atomic mass is 10.1. The number of carbonyl (C=O) groups is 2. The SMILES string of the molecule is COc1cc(/C=C2\NC(=O)N(Cc3ccc(F)cc3)C2=O)cc(Cl)c1OC. The van der Waals surface area contributed by atoms with E-state index in [9.17, 15) is 14.0 Å². The molecule has 0 radical (unpaired) electrons. The minimum absolute atomic E-state index is 0.0367. The van der Waals surface area contributed by atoms with Crippen LogP contribution >= 0.6 is 11.6 Å². The number of benzene rings is 2. The number of halogens is 2. The van der Waals surface area contributed by atoms with Crippen molar-refractivity contribution in [1.82, 2.24) is 10.2 Å². The molecule has 1 aliphatic rings. The van der Waals surface area contributed by atoms with Gasteiger partial charge >= 0.3 is 6.03 Å². The van der Waals surface area contributed by atoms with Gasteiger partial charge in [-0.25, -0.2) is 9.18 Å². The quantitative estimate of drug-likeness (QED) is 0.625. The fourth-order valence-electron chi connectivity index (χ4n) is 2.68. The van der Waals surface area contributed by atoms with E-state index in [0.717, 1.165) is 4.90 Å². The number of hydrogen-bond donors (Lipinski definition) is 1. The van der Waals surface area contributed by atoms with Crippen molar-refractivity contribution in [3.63, 3.8) is 0 Å². The molecule has 0 bridgehead atoms. The molecule has 27 heavy (non-hydrogen) atoms. The van der Waals surface area contributed by atoms with Crippen molar-refractivity contribution in [1.29, 1.82) is 0 Å². The zero-order valence-corrected chi connectivity index (χ0v) is 15.3. The van der Waals surface area contributed by atoms with Gasteiger partial charge in [-0.1, -0.05) is 23.7 Å². The predicted molar refractivity (Wildman–Crippen MR) is 98.0 cm³/mol. The molecule has 0 atom stereocenters. The van der Waals surface area contributed by atoms with Gasteiger partial charge in [0.25, 0.3) is 5.91 Å². The Morgan fingerprint density at radius 2 is 1.85 bits per heavy atom. The van der Waals surface area contributed by atoms with E-state index >= 15 is 0 Å². The predicted octanol–water partition coefficient (Wildman–Crippen LogP) is 3.59. The summed E-state index contributed by atoms with van der Waals surface area (Å²) in [6.07, 6.45) is 1.50. The van der Waals surface area contributed by atoms with Crippen LogP contribution in [0.25, 0.3) is 6.08 Å². The second-order valence-corrected chi connectivity index (χ2v) is 6.15. The van der Waals surface area contributed by atoms with Crippen LogP contribution in [0.15, 0.2) is 42.1 Å². The normalized spacial score (nSPS) is 15.3. The van der Waals surface area contributed by atoms with Gasteiger partial charge in [-0.05, 0) is 41.5 Å². The Hall–Kier alpha value is -3.06. The summed E-state index contributed by atoms with van der Waals surface area (Å²) < 4.78 is 23.4. The summed E-state index contributed by atoms with van der Waals surface area (Å²) in [6, 6.07) is 8.27. The molecular formula is C19H16ClFN2O4. The molecule has 1 heterocycles. The summed E-state index contributed by atoms with van der Waals surface area (Å²) in [5, 5.41) is 2.84. The van der Waals surface area contributed by atoms with Crippen molar-refractivity contribution in [2.45, 2.75) is 6.54 Å². The Morgan fingerprint density at radius 1 is 1.15 bits per heavy atom. The summed E-state index contributed by atoms with van der Waals surface area (Å²) in [4.78, 5) is 25.8. The summed E-state index contributed by atoms with van der Waals surface area (Å²) in [6.45, 7) is 0.0367. The van der Waals surface area contributed by atoms with Crippen molar-refractivity contribution < 1.29 is 23.5 Å². The maximum atomic E-state index is 13.0. The van der Waals surface area contributed by atoms with Crippen molar-refractivity contribution in [3.05, 3.63) is 64.1 Å². The highest BCUT2D eigenvalue weighted by Crippen LogP contribution is 2.36. The van der Waals surface area contributed by atoms with Gasteiger partial charge in [-0.3, -0.25) is 9.69 Å². The van der Waals surface area contributed by atoms with Crippen LogP contribution in [0, 0.1) is 5.82 Å². The van der Waals surface area contributed by atoms with Crippen molar-refractivity contribution in [2.24, 2.45) is 0 Å². The van der Waals surface area contributed by atoms with Crippen molar-refractivity contribution in [3.8, 4) is 11.5 Å². The Balaban J connectivity index is 1.86. The topological polar surface area (TPSA) is 67.9 Å². The average molecular weight is 391 g/mol. The van der Waals surface area contributed by atoms with Crippen molar-refractivity contribution in [2.75, 3.05) is 14.2 Å². The third-order valence-corrected chi connectivity index (χ3v) is 4.26. The Bertz CT molecular complexity index is 928. The molecule has 1 aliphatic heterocycles. The number of hydrogen-bond acceptors (Lipinski definition) is 4.